The zero-order valence-electron chi connectivity index (χ0n) is 12.6. The Bertz CT molecular complexity index is 281. The van der Waals surface area contributed by atoms with Crippen molar-refractivity contribution in [3.63, 3.8) is 0 Å². The molecule has 0 radical (unpaired) electrons. The molecular formula is C18H30S. The Kier molecular flexibility index (Phi) is 11.0. The fraction of sp³-hybridized carbons (Fsp3) is 0.667. The van der Waals surface area contributed by atoms with Crippen LogP contribution < -0.4 is 0 Å². The number of unbranched alkanes of at least 4 members (excludes halogenated alkanes) is 9. The molecule has 0 aliphatic carbocycles. The molecule has 0 aliphatic heterocycles. The van der Waals surface area contributed by atoms with E-state index in [1.807, 2.05) is 11.8 Å². The van der Waals surface area contributed by atoms with Gasteiger partial charge in [0.05, 0.1) is 0 Å². The standard InChI is InChI=1S/C18H30S/c1-2-3-4-5-6-7-8-9-10-14-17-19-18-15-12-11-13-16-18/h11-13,15-16H,2-10,14,17H2,1H3. The summed E-state index contributed by atoms with van der Waals surface area (Å²) in [4.78, 5) is 1.42. The molecule has 0 amide bonds. The molecular weight excluding hydrogens is 248 g/mol. The summed E-state index contributed by atoms with van der Waals surface area (Å²) in [6.45, 7) is 2.29. The minimum absolute atomic E-state index is 1.28. The van der Waals surface area contributed by atoms with Gasteiger partial charge in [0.15, 0.2) is 0 Å². The second kappa shape index (κ2) is 12.6. The average molecular weight is 279 g/mol. The lowest BCUT2D eigenvalue weighted by molar-refractivity contribution is 0.563. The molecule has 108 valence electrons. The third-order valence-electron chi connectivity index (χ3n) is 3.51. The molecule has 0 saturated heterocycles. The van der Waals surface area contributed by atoms with E-state index >= 15 is 0 Å². The normalized spacial score (nSPS) is 10.8. The van der Waals surface area contributed by atoms with Crippen LogP contribution in [0, 0.1) is 0 Å². The fourth-order valence-corrected chi connectivity index (χ4v) is 3.23. The van der Waals surface area contributed by atoms with Crippen LogP contribution in [0.1, 0.15) is 71.1 Å². The van der Waals surface area contributed by atoms with Gasteiger partial charge in [-0.05, 0) is 24.3 Å². The van der Waals surface area contributed by atoms with Crippen LogP contribution in [0.4, 0.5) is 0 Å². The van der Waals surface area contributed by atoms with Crippen molar-refractivity contribution < 1.29 is 0 Å². The Morgan fingerprint density at radius 3 is 1.79 bits per heavy atom. The second-order valence-electron chi connectivity index (χ2n) is 5.34. The van der Waals surface area contributed by atoms with Gasteiger partial charge >= 0.3 is 0 Å². The molecule has 1 rings (SSSR count). The summed E-state index contributed by atoms with van der Waals surface area (Å²) in [5, 5.41) is 0. The van der Waals surface area contributed by atoms with Crippen LogP contribution in [0.25, 0.3) is 0 Å². The molecule has 1 aromatic rings. The van der Waals surface area contributed by atoms with E-state index in [9.17, 15) is 0 Å². The molecule has 0 aromatic heterocycles. The quantitative estimate of drug-likeness (QED) is 0.303. The third-order valence-corrected chi connectivity index (χ3v) is 4.61. The van der Waals surface area contributed by atoms with Crippen molar-refractivity contribution >= 4 is 11.8 Å². The predicted molar refractivity (Wildman–Crippen MR) is 89.0 cm³/mol. The largest absolute Gasteiger partial charge is 0.126 e. The zero-order valence-corrected chi connectivity index (χ0v) is 13.4. The van der Waals surface area contributed by atoms with Gasteiger partial charge in [-0.25, -0.2) is 0 Å². The van der Waals surface area contributed by atoms with Gasteiger partial charge in [0.1, 0.15) is 0 Å². The summed E-state index contributed by atoms with van der Waals surface area (Å²) in [6.07, 6.45) is 14.3. The molecule has 0 aliphatic rings. The van der Waals surface area contributed by atoms with E-state index in [-0.39, 0.29) is 0 Å². The maximum Gasteiger partial charge on any atom is 0.00719 e. The topological polar surface area (TPSA) is 0 Å². The zero-order chi connectivity index (χ0) is 13.6. The Morgan fingerprint density at radius 1 is 0.684 bits per heavy atom. The highest BCUT2D eigenvalue weighted by Gasteiger charge is 1.94. The fourth-order valence-electron chi connectivity index (χ4n) is 2.30. The van der Waals surface area contributed by atoms with E-state index in [0.29, 0.717) is 0 Å². The van der Waals surface area contributed by atoms with Gasteiger partial charge in [0, 0.05) is 4.90 Å². The molecule has 0 bridgehead atoms. The lowest BCUT2D eigenvalue weighted by atomic mass is 10.1. The van der Waals surface area contributed by atoms with Crippen LogP contribution in [0.5, 0.6) is 0 Å². The van der Waals surface area contributed by atoms with Crippen molar-refractivity contribution in [2.45, 2.75) is 76.0 Å². The molecule has 0 unspecified atom stereocenters. The van der Waals surface area contributed by atoms with Gasteiger partial charge in [0.2, 0.25) is 0 Å². The van der Waals surface area contributed by atoms with E-state index < -0.39 is 0 Å². The van der Waals surface area contributed by atoms with Gasteiger partial charge in [-0.15, -0.1) is 11.8 Å². The Hall–Kier alpha value is -0.430. The summed E-state index contributed by atoms with van der Waals surface area (Å²) < 4.78 is 0. The van der Waals surface area contributed by atoms with Crippen LogP contribution in [-0.4, -0.2) is 5.75 Å². The highest BCUT2D eigenvalue weighted by atomic mass is 32.2. The first-order valence-corrected chi connectivity index (χ1v) is 9.10. The summed E-state index contributed by atoms with van der Waals surface area (Å²) in [7, 11) is 0. The molecule has 1 heteroatoms. The van der Waals surface area contributed by atoms with Crippen molar-refractivity contribution in [1.29, 1.82) is 0 Å². The van der Waals surface area contributed by atoms with Gasteiger partial charge in [0.25, 0.3) is 0 Å². The molecule has 0 spiro atoms. The summed E-state index contributed by atoms with van der Waals surface area (Å²) >= 11 is 2.00. The van der Waals surface area contributed by atoms with E-state index in [2.05, 4.69) is 37.3 Å². The van der Waals surface area contributed by atoms with E-state index in [1.165, 1.54) is 74.9 Å². The Labute approximate surface area is 124 Å². The van der Waals surface area contributed by atoms with Gasteiger partial charge in [-0.1, -0.05) is 82.9 Å². The van der Waals surface area contributed by atoms with Crippen molar-refractivity contribution in [2.75, 3.05) is 5.75 Å². The van der Waals surface area contributed by atoms with Gasteiger partial charge in [-0.3, -0.25) is 0 Å². The predicted octanol–water partition coefficient (Wildman–Crippen LogP) is 6.70. The first-order valence-electron chi connectivity index (χ1n) is 8.11. The first kappa shape index (κ1) is 16.6. The smallest absolute Gasteiger partial charge is 0.00719 e. The van der Waals surface area contributed by atoms with Crippen molar-refractivity contribution in [3.05, 3.63) is 30.3 Å². The van der Waals surface area contributed by atoms with Crippen LogP contribution >= 0.6 is 11.8 Å². The van der Waals surface area contributed by atoms with Crippen molar-refractivity contribution in [3.8, 4) is 0 Å². The lowest BCUT2D eigenvalue weighted by Crippen LogP contribution is -1.84. The molecule has 0 atom stereocenters. The Balaban J connectivity index is 1.79. The van der Waals surface area contributed by atoms with E-state index in [4.69, 9.17) is 0 Å². The molecule has 0 saturated carbocycles. The van der Waals surface area contributed by atoms with Gasteiger partial charge in [-0.2, -0.15) is 0 Å². The molecule has 0 nitrogen and oxygen atoms in total. The molecule has 19 heavy (non-hydrogen) atoms. The summed E-state index contributed by atoms with van der Waals surface area (Å²) in [6, 6.07) is 10.8. The maximum absolute atomic E-state index is 2.29. The third kappa shape index (κ3) is 10.1. The Morgan fingerprint density at radius 2 is 1.21 bits per heavy atom. The van der Waals surface area contributed by atoms with Crippen molar-refractivity contribution in [2.24, 2.45) is 0 Å². The van der Waals surface area contributed by atoms with E-state index in [0.717, 1.165) is 0 Å². The number of thioether (sulfide) groups is 1. The van der Waals surface area contributed by atoms with Crippen LogP contribution in [-0.2, 0) is 0 Å². The molecule has 0 N–H and O–H groups in total. The first-order chi connectivity index (χ1) is 9.43. The second-order valence-corrected chi connectivity index (χ2v) is 6.51. The van der Waals surface area contributed by atoms with Crippen molar-refractivity contribution in [1.82, 2.24) is 0 Å². The minimum atomic E-state index is 1.28. The highest BCUT2D eigenvalue weighted by molar-refractivity contribution is 7.99. The summed E-state index contributed by atoms with van der Waals surface area (Å²) in [5.41, 5.74) is 0. The SMILES string of the molecule is CCCCCCCCCCCCSc1ccccc1. The summed E-state index contributed by atoms with van der Waals surface area (Å²) in [5.74, 6) is 1.28. The maximum atomic E-state index is 2.29. The number of hydrogen-bond acceptors (Lipinski definition) is 1. The molecule has 0 heterocycles. The lowest BCUT2D eigenvalue weighted by Gasteiger charge is -2.03. The number of benzene rings is 1. The average Bonchev–Trinajstić information content (AvgIpc) is 2.46. The van der Waals surface area contributed by atoms with E-state index in [1.54, 1.807) is 0 Å². The van der Waals surface area contributed by atoms with Crippen LogP contribution in [0.3, 0.4) is 0 Å². The van der Waals surface area contributed by atoms with Crippen LogP contribution in [0.2, 0.25) is 0 Å². The van der Waals surface area contributed by atoms with Gasteiger partial charge < -0.3 is 0 Å². The molecule has 1 aromatic carbocycles. The highest BCUT2D eigenvalue weighted by Crippen LogP contribution is 2.19. The number of hydrogen-bond donors (Lipinski definition) is 0. The number of rotatable bonds is 12. The monoisotopic (exact) mass is 278 g/mol. The minimum Gasteiger partial charge on any atom is -0.126 e. The van der Waals surface area contributed by atoms with Crippen LogP contribution in [0.15, 0.2) is 35.2 Å². The molecule has 0 fully saturated rings.